The van der Waals surface area contributed by atoms with Crippen LogP contribution >= 0.6 is 0 Å². The van der Waals surface area contributed by atoms with Crippen molar-refractivity contribution in [2.75, 3.05) is 6.61 Å². The van der Waals surface area contributed by atoms with Crippen molar-refractivity contribution in [1.29, 1.82) is 0 Å². The largest absolute Gasteiger partial charge is 0.387 e. The van der Waals surface area contributed by atoms with Crippen molar-refractivity contribution in [3.8, 4) is 0 Å². The normalized spacial score (nSPS) is 12.2. The number of aldehydes is 1. The Morgan fingerprint density at radius 3 is 2.73 bits per heavy atom. The van der Waals surface area contributed by atoms with E-state index >= 15 is 0 Å². The topological polar surface area (TPSA) is 66.4 Å². The second kappa shape index (κ2) is 5.85. The SMILES string of the molecule is CCC[C@@H](C=O)NC(=O)CO. The summed E-state index contributed by atoms with van der Waals surface area (Å²) in [6.07, 6.45) is 2.13. The molecule has 0 aromatic heterocycles. The quantitative estimate of drug-likeness (QED) is 0.529. The van der Waals surface area contributed by atoms with Crippen molar-refractivity contribution in [2.24, 2.45) is 0 Å². The van der Waals surface area contributed by atoms with Crippen LogP contribution < -0.4 is 5.32 Å². The van der Waals surface area contributed by atoms with Crippen molar-refractivity contribution < 1.29 is 14.7 Å². The molecule has 0 fully saturated rings. The van der Waals surface area contributed by atoms with E-state index in [1.165, 1.54) is 0 Å². The van der Waals surface area contributed by atoms with E-state index in [1.807, 2.05) is 6.92 Å². The molecule has 64 valence electrons. The monoisotopic (exact) mass is 159 g/mol. The van der Waals surface area contributed by atoms with Crippen molar-refractivity contribution in [3.05, 3.63) is 0 Å². The average Bonchev–Trinajstić information content (AvgIpc) is 2.03. The summed E-state index contributed by atoms with van der Waals surface area (Å²) in [5.41, 5.74) is 0. The number of nitrogens with one attached hydrogen (secondary N) is 1. The fourth-order valence-electron chi connectivity index (χ4n) is 0.738. The Balaban J connectivity index is 3.67. The van der Waals surface area contributed by atoms with E-state index in [9.17, 15) is 9.59 Å². The Hall–Kier alpha value is -0.900. The van der Waals surface area contributed by atoms with Crippen LogP contribution in [0.15, 0.2) is 0 Å². The van der Waals surface area contributed by atoms with Gasteiger partial charge in [-0.15, -0.1) is 0 Å². The standard InChI is InChI=1S/C7H13NO3/c1-2-3-6(4-9)8-7(11)5-10/h4,6,10H,2-3,5H2,1H3,(H,8,11)/t6-/m0/s1. The van der Waals surface area contributed by atoms with E-state index in [4.69, 9.17) is 5.11 Å². The smallest absolute Gasteiger partial charge is 0.246 e. The summed E-state index contributed by atoms with van der Waals surface area (Å²) in [4.78, 5) is 20.8. The third kappa shape index (κ3) is 4.50. The Bertz CT molecular complexity index is 136. The second-order valence-electron chi connectivity index (χ2n) is 2.26. The Morgan fingerprint density at radius 1 is 1.73 bits per heavy atom. The van der Waals surface area contributed by atoms with Gasteiger partial charge in [-0.25, -0.2) is 0 Å². The van der Waals surface area contributed by atoms with Gasteiger partial charge in [0.05, 0.1) is 6.04 Å². The first kappa shape index (κ1) is 10.1. The van der Waals surface area contributed by atoms with Crippen LogP contribution in [0.4, 0.5) is 0 Å². The molecule has 0 rings (SSSR count). The third-order valence-electron chi connectivity index (χ3n) is 1.25. The number of aliphatic hydroxyl groups excluding tert-OH is 1. The lowest BCUT2D eigenvalue weighted by Gasteiger charge is -2.09. The predicted molar refractivity (Wildman–Crippen MR) is 40.0 cm³/mol. The maximum atomic E-state index is 10.5. The summed E-state index contributed by atoms with van der Waals surface area (Å²) >= 11 is 0. The first-order valence-corrected chi connectivity index (χ1v) is 3.60. The van der Waals surface area contributed by atoms with Crippen LogP contribution in [0.2, 0.25) is 0 Å². The lowest BCUT2D eigenvalue weighted by Crippen LogP contribution is -2.37. The summed E-state index contributed by atoms with van der Waals surface area (Å²) in [6, 6.07) is -0.445. The van der Waals surface area contributed by atoms with Gasteiger partial charge in [0.25, 0.3) is 0 Å². The van der Waals surface area contributed by atoms with Crippen LogP contribution in [-0.2, 0) is 9.59 Å². The van der Waals surface area contributed by atoms with Gasteiger partial charge in [0.2, 0.25) is 5.91 Å². The molecular weight excluding hydrogens is 146 g/mol. The van der Waals surface area contributed by atoms with Crippen LogP contribution in [-0.4, -0.2) is 29.9 Å². The molecule has 0 aliphatic heterocycles. The molecular formula is C7H13NO3. The highest BCUT2D eigenvalue weighted by Gasteiger charge is 2.07. The molecule has 0 saturated heterocycles. The van der Waals surface area contributed by atoms with Gasteiger partial charge in [0.15, 0.2) is 0 Å². The minimum Gasteiger partial charge on any atom is -0.387 e. The Kier molecular flexibility index (Phi) is 5.37. The summed E-state index contributed by atoms with van der Waals surface area (Å²) in [7, 11) is 0. The van der Waals surface area contributed by atoms with E-state index in [2.05, 4.69) is 5.32 Å². The zero-order valence-electron chi connectivity index (χ0n) is 6.54. The number of carbonyl (C=O) groups excluding carboxylic acids is 2. The molecule has 0 radical (unpaired) electrons. The maximum absolute atomic E-state index is 10.5. The van der Waals surface area contributed by atoms with E-state index in [1.54, 1.807) is 0 Å². The first-order chi connectivity index (χ1) is 5.24. The molecule has 0 aliphatic rings. The summed E-state index contributed by atoms with van der Waals surface area (Å²) < 4.78 is 0. The Labute approximate surface area is 65.6 Å². The molecule has 1 amide bonds. The van der Waals surface area contributed by atoms with E-state index in [0.29, 0.717) is 12.7 Å². The molecule has 0 heterocycles. The Morgan fingerprint density at radius 2 is 2.36 bits per heavy atom. The van der Waals surface area contributed by atoms with Crippen LogP contribution in [0.25, 0.3) is 0 Å². The summed E-state index contributed by atoms with van der Waals surface area (Å²) in [5.74, 6) is -0.504. The number of hydrogen-bond donors (Lipinski definition) is 2. The zero-order chi connectivity index (χ0) is 8.69. The van der Waals surface area contributed by atoms with Gasteiger partial charge < -0.3 is 15.2 Å². The fourth-order valence-corrected chi connectivity index (χ4v) is 0.738. The molecule has 1 atom stereocenters. The minimum absolute atomic E-state index is 0.445. The van der Waals surface area contributed by atoms with Gasteiger partial charge >= 0.3 is 0 Å². The van der Waals surface area contributed by atoms with Crippen LogP contribution in [0.3, 0.4) is 0 Å². The van der Waals surface area contributed by atoms with Crippen molar-refractivity contribution >= 4 is 12.2 Å². The van der Waals surface area contributed by atoms with Gasteiger partial charge in [-0.1, -0.05) is 13.3 Å². The first-order valence-electron chi connectivity index (χ1n) is 3.60. The maximum Gasteiger partial charge on any atom is 0.246 e. The number of hydrogen-bond acceptors (Lipinski definition) is 3. The molecule has 11 heavy (non-hydrogen) atoms. The van der Waals surface area contributed by atoms with Gasteiger partial charge in [-0.3, -0.25) is 4.79 Å². The number of carbonyl (C=O) groups is 2. The number of aliphatic hydroxyl groups is 1. The van der Waals surface area contributed by atoms with Gasteiger partial charge in [0, 0.05) is 0 Å². The van der Waals surface area contributed by atoms with Gasteiger partial charge in [-0.05, 0) is 6.42 Å². The highest BCUT2D eigenvalue weighted by atomic mass is 16.3. The summed E-state index contributed by atoms with van der Waals surface area (Å²) in [6.45, 7) is 1.36. The molecule has 2 N–H and O–H groups in total. The molecule has 4 nitrogen and oxygen atoms in total. The van der Waals surface area contributed by atoms with Crippen LogP contribution in [0.1, 0.15) is 19.8 Å². The zero-order valence-corrected chi connectivity index (χ0v) is 6.54. The van der Waals surface area contributed by atoms with Crippen molar-refractivity contribution in [3.63, 3.8) is 0 Å². The molecule has 4 heteroatoms. The van der Waals surface area contributed by atoms with Crippen LogP contribution in [0.5, 0.6) is 0 Å². The third-order valence-corrected chi connectivity index (χ3v) is 1.25. The van der Waals surface area contributed by atoms with Crippen LogP contribution in [0, 0.1) is 0 Å². The van der Waals surface area contributed by atoms with Gasteiger partial charge in [-0.2, -0.15) is 0 Å². The molecule has 0 aromatic carbocycles. The van der Waals surface area contributed by atoms with Crippen molar-refractivity contribution in [2.45, 2.75) is 25.8 Å². The average molecular weight is 159 g/mol. The molecule has 0 aromatic rings. The van der Waals surface area contributed by atoms with Crippen molar-refractivity contribution in [1.82, 2.24) is 5.32 Å². The minimum atomic E-state index is -0.561. The predicted octanol–water partition coefficient (Wildman–Crippen LogP) is -0.538. The van der Waals surface area contributed by atoms with E-state index in [-0.39, 0.29) is 0 Å². The number of rotatable bonds is 5. The molecule has 0 aliphatic carbocycles. The highest BCUT2D eigenvalue weighted by Crippen LogP contribution is 1.92. The molecule has 0 bridgehead atoms. The molecule has 0 unspecified atom stereocenters. The molecule has 0 spiro atoms. The second-order valence-corrected chi connectivity index (χ2v) is 2.26. The lowest BCUT2D eigenvalue weighted by molar-refractivity contribution is -0.126. The summed E-state index contributed by atoms with van der Waals surface area (Å²) in [5, 5.41) is 10.7. The number of amides is 1. The lowest BCUT2D eigenvalue weighted by atomic mass is 10.2. The fraction of sp³-hybridized carbons (Fsp3) is 0.714. The molecule has 0 saturated carbocycles. The van der Waals surface area contributed by atoms with E-state index in [0.717, 1.165) is 6.42 Å². The van der Waals surface area contributed by atoms with Gasteiger partial charge in [0.1, 0.15) is 12.9 Å². The van der Waals surface area contributed by atoms with E-state index < -0.39 is 18.6 Å². The highest BCUT2D eigenvalue weighted by molar-refractivity contribution is 5.80.